The maximum Gasteiger partial charge on any atom is 0.147 e. The summed E-state index contributed by atoms with van der Waals surface area (Å²) in [5.41, 5.74) is 1.08. The van der Waals surface area contributed by atoms with Gasteiger partial charge in [-0.25, -0.2) is 4.98 Å². The molecule has 106 valence electrons. The van der Waals surface area contributed by atoms with Crippen molar-refractivity contribution in [2.45, 2.75) is 39.3 Å². The maximum absolute atomic E-state index is 5.47. The molecule has 0 radical (unpaired) electrons. The zero-order valence-corrected chi connectivity index (χ0v) is 12.1. The largest absolute Gasteiger partial charge is 0.380 e. The number of rotatable bonds is 3. The first kappa shape index (κ1) is 14.2. The first-order chi connectivity index (χ1) is 9.04. The molecule has 1 saturated heterocycles. The lowest BCUT2D eigenvalue weighted by Gasteiger charge is -2.22. The van der Waals surface area contributed by atoms with Crippen LogP contribution in [0.1, 0.15) is 32.9 Å². The Labute approximate surface area is 115 Å². The van der Waals surface area contributed by atoms with Gasteiger partial charge in [-0.05, 0) is 27.2 Å². The smallest absolute Gasteiger partial charge is 0.147 e. The van der Waals surface area contributed by atoms with Crippen LogP contribution in [0.2, 0.25) is 0 Å². The van der Waals surface area contributed by atoms with Gasteiger partial charge < -0.3 is 15.0 Å². The molecule has 0 aromatic carbocycles. The quantitative estimate of drug-likeness (QED) is 0.898. The Morgan fingerprint density at radius 1 is 1.26 bits per heavy atom. The van der Waals surface area contributed by atoms with Gasteiger partial charge in [0.2, 0.25) is 0 Å². The highest BCUT2D eigenvalue weighted by atomic mass is 16.5. The van der Waals surface area contributed by atoms with Gasteiger partial charge in [0.15, 0.2) is 0 Å². The molecule has 1 aromatic rings. The molecule has 1 aliphatic heterocycles. The van der Waals surface area contributed by atoms with Crippen LogP contribution in [0.5, 0.6) is 0 Å². The molecule has 19 heavy (non-hydrogen) atoms. The number of ether oxygens (including phenoxy) is 1. The van der Waals surface area contributed by atoms with E-state index in [0.717, 1.165) is 50.8 Å². The minimum atomic E-state index is 0.0914. The molecule has 1 N–H and O–H groups in total. The van der Waals surface area contributed by atoms with Gasteiger partial charge >= 0.3 is 0 Å². The summed E-state index contributed by atoms with van der Waals surface area (Å²) < 4.78 is 5.47. The average molecular weight is 264 g/mol. The number of aromatic nitrogens is 2. The lowest BCUT2D eigenvalue weighted by molar-refractivity contribution is 0.152. The summed E-state index contributed by atoms with van der Waals surface area (Å²) in [6, 6.07) is 0. The topological polar surface area (TPSA) is 50.3 Å². The minimum Gasteiger partial charge on any atom is -0.380 e. The monoisotopic (exact) mass is 264 g/mol. The summed E-state index contributed by atoms with van der Waals surface area (Å²) in [6.07, 6.45) is 4.72. The number of nitrogens with one attached hydrogen (secondary N) is 1. The van der Waals surface area contributed by atoms with Gasteiger partial charge in [0.05, 0.1) is 18.5 Å². The number of hydrogen-bond acceptors (Lipinski definition) is 5. The van der Waals surface area contributed by atoms with E-state index < -0.39 is 0 Å². The van der Waals surface area contributed by atoms with Crippen LogP contribution in [0.4, 0.5) is 5.82 Å². The minimum absolute atomic E-state index is 0.0914. The Kier molecular flexibility index (Phi) is 4.71. The molecule has 5 heteroatoms. The lowest BCUT2D eigenvalue weighted by atomic mass is 10.1. The fraction of sp³-hybridized carbons (Fsp3) is 0.714. The van der Waals surface area contributed by atoms with Crippen LogP contribution in [-0.2, 0) is 11.3 Å². The van der Waals surface area contributed by atoms with Crippen molar-refractivity contribution in [3.8, 4) is 0 Å². The summed E-state index contributed by atoms with van der Waals surface area (Å²) in [7, 11) is 0. The summed E-state index contributed by atoms with van der Waals surface area (Å²) in [4.78, 5) is 11.2. The van der Waals surface area contributed by atoms with Crippen LogP contribution >= 0.6 is 0 Å². The Hall–Kier alpha value is -1.20. The predicted molar refractivity (Wildman–Crippen MR) is 76.3 cm³/mol. The van der Waals surface area contributed by atoms with Crippen molar-refractivity contribution in [1.82, 2.24) is 15.3 Å². The molecule has 0 atom stereocenters. The molecule has 0 spiro atoms. The van der Waals surface area contributed by atoms with Crippen molar-refractivity contribution in [2.75, 3.05) is 31.2 Å². The third kappa shape index (κ3) is 4.76. The molecule has 0 saturated carbocycles. The van der Waals surface area contributed by atoms with E-state index in [0.29, 0.717) is 0 Å². The molecule has 2 heterocycles. The lowest BCUT2D eigenvalue weighted by Crippen LogP contribution is -2.35. The van der Waals surface area contributed by atoms with E-state index in [2.05, 4.69) is 41.0 Å². The molecule has 0 aliphatic carbocycles. The van der Waals surface area contributed by atoms with E-state index in [1.54, 1.807) is 0 Å². The van der Waals surface area contributed by atoms with Crippen LogP contribution in [0.25, 0.3) is 0 Å². The highest BCUT2D eigenvalue weighted by Gasteiger charge is 2.13. The second kappa shape index (κ2) is 6.30. The molecular weight excluding hydrogens is 240 g/mol. The van der Waals surface area contributed by atoms with Gasteiger partial charge in [-0.3, -0.25) is 4.98 Å². The van der Waals surface area contributed by atoms with Crippen molar-refractivity contribution in [3.05, 3.63) is 18.1 Å². The van der Waals surface area contributed by atoms with Gasteiger partial charge in [-0.1, -0.05) is 0 Å². The van der Waals surface area contributed by atoms with Gasteiger partial charge in [0.1, 0.15) is 5.82 Å². The molecule has 0 amide bonds. The SMILES string of the molecule is CC(C)(C)NCc1cncc(N2CCCOCC2)n1. The maximum atomic E-state index is 5.47. The summed E-state index contributed by atoms with van der Waals surface area (Å²) in [5, 5.41) is 3.43. The Morgan fingerprint density at radius 3 is 2.89 bits per heavy atom. The van der Waals surface area contributed by atoms with E-state index in [-0.39, 0.29) is 5.54 Å². The summed E-state index contributed by atoms with van der Waals surface area (Å²) >= 11 is 0. The van der Waals surface area contributed by atoms with Crippen LogP contribution in [-0.4, -0.2) is 41.8 Å². The molecule has 1 fully saturated rings. The fourth-order valence-electron chi connectivity index (χ4n) is 1.96. The van der Waals surface area contributed by atoms with E-state index in [1.165, 1.54) is 0 Å². The van der Waals surface area contributed by atoms with Crippen molar-refractivity contribution in [3.63, 3.8) is 0 Å². The van der Waals surface area contributed by atoms with E-state index in [4.69, 9.17) is 4.74 Å². The van der Waals surface area contributed by atoms with Gasteiger partial charge in [0, 0.05) is 38.0 Å². The van der Waals surface area contributed by atoms with Gasteiger partial charge in [-0.2, -0.15) is 0 Å². The Balaban J connectivity index is 2.01. The van der Waals surface area contributed by atoms with E-state index >= 15 is 0 Å². The molecule has 0 bridgehead atoms. The van der Waals surface area contributed by atoms with Crippen molar-refractivity contribution in [1.29, 1.82) is 0 Å². The third-order valence-electron chi connectivity index (χ3n) is 3.02. The fourth-order valence-corrected chi connectivity index (χ4v) is 1.96. The van der Waals surface area contributed by atoms with E-state index in [9.17, 15) is 0 Å². The first-order valence-corrected chi connectivity index (χ1v) is 6.93. The Bertz CT molecular complexity index is 395. The average Bonchev–Trinajstić information content (AvgIpc) is 2.65. The molecule has 1 aliphatic rings. The third-order valence-corrected chi connectivity index (χ3v) is 3.02. The molecular formula is C14H24N4O. The predicted octanol–water partition coefficient (Wildman–Crippen LogP) is 1.59. The normalized spacial score (nSPS) is 17.3. The molecule has 1 aromatic heterocycles. The standard InChI is InChI=1S/C14H24N4O/c1-14(2,3)16-10-12-9-15-11-13(17-12)18-5-4-7-19-8-6-18/h9,11,16H,4-8,10H2,1-3H3. The Morgan fingerprint density at radius 2 is 2.11 bits per heavy atom. The number of hydrogen-bond donors (Lipinski definition) is 1. The van der Waals surface area contributed by atoms with Crippen LogP contribution in [0.3, 0.4) is 0 Å². The van der Waals surface area contributed by atoms with Crippen LogP contribution < -0.4 is 10.2 Å². The van der Waals surface area contributed by atoms with Crippen LogP contribution in [0, 0.1) is 0 Å². The van der Waals surface area contributed by atoms with Crippen molar-refractivity contribution in [2.24, 2.45) is 0 Å². The first-order valence-electron chi connectivity index (χ1n) is 6.93. The van der Waals surface area contributed by atoms with Crippen molar-refractivity contribution >= 4 is 5.82 Å². The summed E-state index contributed by atoms with van der Waals surface area (Å²) in [6.45, 7) is 10.7. The van der Waals surface area contributed by atoms with Gasteiger partial charge in [0.25, 0.3) is 0 Å². The number of nitrogens with zero attached hydrogens (tertiary/aromatic N) is 3. The zero-order chi connectivity index (χ0) is 13.7. The highest BCUT2D eigenvalue weighted by molar-refractivity contribution is 5.36. The second-order valence-electron chi connectivity index (χ2n) is 5.93. The van der Waals surface area contributed by atoms with Crippen LogP contribution in [0.15, 0.2) is 12.4 Å². The zero-order valence-electron chi connectivity index (χ0n) is 12.1. The van der Waals surface area contributed by atoms with Gasteiger partial charge in [-0.15, -0.1) is 0 Å². The molecule has 2 rings (SSSR count). The number of anilines is 1. The highest BCUT2D eigenvalue weighted by Crippen LogP contribution is 2.12. The van der Waals surface area contributed by atoms with Crippen molar-refractivity contribution < 1.29 is 4.74 Å². The summed E-state index contributed by atoms with van der Waals surface area (Å²) in [5.74, 6) is 0.957. The molecule has 0 unspecified atom stereocenters. The van der Waals surface area contributed by atoms with E-state index in [1.807, 2.05) is 12.4 Å². The molecule has 5 nitrogen and oxygen atoms in total. The second-order valence-corrected chi connectivity index (χ2v) is 5.93.